The summed E-state index contributed by atoms with van der Waals surface area (Å²) in [5.41, 5.74) is -0.0817. The van der Waals surface area contributed by atoms with Gasteiger partial charge in [0.15, 0.2) is 0 Å². The van der Waals surface area contributed by atoms with E-state index in [1.165, 1.54) is 51.4 Å². The molecule has 122 valence electrons. The number of fused-ring (bicyclic) bond motifs is 2. The second kappa shape index (κ2) is 8.14. The number of rotatable bonds is 5. The first kappa shape index (κ1) is 17.5. The Morgan fingerprint density at radius 3 is 2.32 bits per heavy atom. The van der Waals surface area contributed by atoms with Crippen molar-refractivity contribution in [2.45, 2.75) is 97.1 Å². The van der Waals surface area contributed by atoms with Crippen LogP contribution in [0.25, 0.3) is 0 Å². The van der Waals surface area contributed by atoms with E-state index in [1.54, 1.807) is 0 Å². The van der Waals surface area contributed by atoms with Crippen molar-refractivity contribution in [3.8, 4) is 11.8 Å². The van der Waals surface area contributed by atoms with Gasteiger partial charge in [0.2, 0.25) is 0 Å². The molecule has 2 bridgehead atoms. The van der Waals surface area contributed by atoms with Crippen molar-refractivity contribution in [3.05, 3.63) is 11.8 Å². The Balaban J connectivity index is 1.94. The van der Waals surface area contributed by atoms with Crippen molar-refractivity contribution in [2.75, 3.05) is 0 Å². The van der Waals surface area contributed by atoms with Gasteiger partial charge in [-0.1, -0.05) is 57.8 Å². The maximum Gasteiger partial charge on any atom is 0.363 e. The van der Waals surface area contributed by atoms with E-state index in [2.05, 4.69) is 45.6 Å². The summed E-state index contributed by atoms with van der Waals surface area (Å²) in [4.78, 5) is 0. The largest absolute Gasteiger partial charge is 0.563 e. The first-order chi connectivity index (χ1) is 10.5. The number of allylic oxidation sites excluding steroid dienone is 2. The molecule has 0 aliphatic carbocycles. The molecule has 0 aromatic rings. The van der Waals surface area contributed by atoms with Crippen molar-refractivity contribution in [1.29, 1.82) is 0 Å². The van der Waals surface area contributed by atoms with Crippen molar-refractivity contribution in [2.24, 2.45) is 5.41 Å². The lowest BCUT2D eigenvalue weighted by Crippen LogP contribution is -2.37. The molecule has 1 nitrogen and oxygen atoms in total. The van der Waals surface area contributed by atoms with Gasteiger partial charge in [0.25, 0.3) is 0 Å². The van der Waals surface area contributed by atoms with Crippen LogP contribution >= 0.6 is 0 Å². The molecule has 2 saturated heterocycles. The van der Waals surface area contributed by atoms with Gasteiger partial charge in [-0.15, -0.1) is 5.92 Å². The van der Waals surface area contributed by atoms with Crippen LogP contribution in [0.3, 0.4) is 0 Å². The van der Waals surface area contributed by atoms with E-state index in [9.17, 15) is 0 Å². The Kier molecular flexibility index (Phi) is 6.48. The highest BCUT2D eigenvalue weighted by Gasteiger charge is 2.42. The number of unbranched alkanes of at least 4 members (excludes halogenated alkanes) is 2. The van der Waals surface area contributed by atoms with Gasteiger partial charge < -0.3 is 4.65 Å². The minimum Gasteiger partial charge on any atom is -0.563 e. The summed E-state index contributed by atoms with van der Waals surface area (Å²) in [5.74, 6) is 9.41. The zero-order valence-electron chi connectivity index (χ0n) is 15.1. The molecule has 0 unspecified atom stereocenters. The average Bonchev–Trinajstić information content (AvgIpc) is 2.42. The first-order valence-corrected chi connectivity index (χ1v) is 9.38. The molecule has 0 radical (unpaired) electrons. The quantitative estimate of drug-likeness (QED) is 0.253. The van der Waals surface area contributed by atoms with Gasteiger partial charge in [0, 0.05) is 11.8 Å². The highest BCUT2D eigenvalue weighted by molar-refractivity contribution is 6.56. The molecule has 0 aromatic carbocycles. The van der Waals surface area contributed by atoms with Crippen molar-refractivity contribution in [1.82, 2.24) is 0 Å². The van der Waals surface area contributed by atoms with Crippen molar-refractivity contribution < 1.29 is 4.65 Å². The second-order valence-corrected chi connectivity index (χ2v) is 7.85. The zero-order chi connectivity index (χ0) is 16.0. The molecule has 2 fully saturated rings. The Bertz CT molecular complexity index is 418. The van der Waals surface area contributed by atoms with Crippen LogP contribution < -0.4 is 0 Å². The third kappa shape index (κ3) is 5.11. The molecule has 2 aliphatic heterocycles. The summed E-state index contributed by atoms with van der Waals surface area (Å²) in [7, 11) is 0. The van der Waals surface area contributed by atoms with Gasteiger partial charge >= 0.3 is 6.92 Å². The smallest absolute Gasteiger partial charge is 0.363 e. The van der Waals surface area contributed by atoms with Gasteiger partial charge in [0.1, 0.15) is 0 Å². The summed E-state index contributed by atoms with van der Waals surface area (Å²) >= 11 is 0. The Labute approximate surface area is 138 Å². The van der Waals surface area contributed by atoms with Crippen molar-refractivity contribution >= 4 is 6.92 Å². The fourth-order valence-electron chi connectivity index (χ4n) is 4.16. The van der Waals surface area contributed by atoms with Gasteiger partial charge in [0.05, 0.1) is 5.76 Å². The maximum atomic E-state index is 6.41. The van der Waals surface area contributed by atoms with E-state index in [4.69, 9.17) is 4.65 Å². The molecule has 2 heteroatoms. The molecule has 22 heavy (non-hydrogen) atoms. The molecule has 0 aromatic heterocycles. The minimum atomic E-state index is -0.0817. The van der Waals surface area contributed by atoms with E-state index in [1.807, 2.05) is 0 Å². The highest BCUT2D eigenvalue weighted by atomic mass is 16.4. The molecule has 2 aliphatic rings. The Morgan fingerprint density at radius 1 is 1.18 bits per heavy atom. The van der Waals surface area contributed by atoms with Crippen LogP contribution in [-0.4, -0.2) is 6.92 Å². The van der Waals surface area contributed by atoms with Crippen LogP contribution in [0.4, 0.5) is 0 Å². The fourth-order valence-corrected chi connectivity index (χ4v) is 4.16. The van der Waals surface area contributed by atoms with E-state index >= 15 is 0 Å². The lowest BCUT2D eigenvalue weighted by Gasteiger charge is -2.39. The average molecular weight is 300 g/mol. The summed E-state index contributed by atoms with van der Waals surface area (Å²) in [5, 5.41) is 0. The van der Waals surface area contributed by atoms with Crippen LogP contribution in [0.2, 0.25) is 11.6 Å². The fraction of sp³-hybridized carbons (Fsp3) is 0.800. The van der Waals surface area contributed by atoms with Crippen LogP contribution in [-0.2, 0) is 4.65 Å². The number of hydrogen-bond acceptors (Lipinski definition) is 1. The van der Waals surface area contributed by atoms with Gasteiger partial charge in [-0.05, 0) is 44.9 Å². The van der Waals surface area contributed by atoms with Gasteiger partial charge in [-0.3, -0.25) is 0 Å². The van der Waals surface area contributed by atoms with E-state index in [0.29, 0.717) is 6.92 Å². The summed E-state index contributed by atoms with van der Waals surface area (Å²) in [6.07, 6.45) is 14.0. The SMILES string of the molecule is CCCCC#CC(C)(C)C=C(C)OB1C2CCCC1CCC2. The zero-order valence-corrected chi connectivity index (χ0v) is 15.1. The summed E-state index contributed by atoms with van der Waals surface area (Å²) in [6, 6.07) is 0. The van der Waals surface area contributed by atoms with Crippen LogP contribution in [0.1, 0.15) is 85.5 Å². The minimum absolute atomic E-state index is 0.0817. The third-order valence-corrected chi connectivity index (χ3v) is 5.18. The van der Waals surface area contributed by atoms with E-state index < -0.39 is 0 Å². The summed E-state index contributed by atoms with van der Waals surface area (Å²) < 4.78 is 6.41. The number of hydrogen-bond donors (Lipinski definition) is 0. The third-order valence-electron chi connectivity index (χ3n) is 5.18. The predicted molar refractivity (Wildman–Crippen MR) is 96.9 cm³/mol. The van der Waals surface area contributed by atoms with Crippen molar-refractivity contribution in [3.63, 3.8) is 0 Å². The Hall–Kier alpha value is -0.835. The predicted octanol–water partition coefficient (Wildman–Crippen LogP) is 6.23. The molecule has 0 atom stereocenters. The molecule has 0 amide bonds. The van der Waals surface area contributed by atoms with Gasteiger partial charge in [-0.2, -0.15) is 0 Å². The molecular formula is C20H33BO. The molecular weight excluding hydrogens is 267 g/mol. The first-order valence-electron chi connectivity index (χ1n) is 9.38. The molecule has 0 saturated carbocycles. The van der Waals surface area contributed by atoms with Crippen LogP contribution in [0, 0.1) is 17.3 Å². The second-order valence-electron chi connectivity index (χ2n) is 7.85. The maximum absolute atomic E-state index is 6.41. The monoisotopic (exact) mass is 300 g/mol. The lowest BCUT2D eigenvalue weighted by atomic mass is 9.38. The van der Waals surface area contributed by atoms with Crippen LogP contribution in [0.5, 0.6) is 0 Å². The summed E-state index contributed by atoms with van der Waals surface area (Å²) in [6.45, 7) is 9.20. The molecule has 2 rings (SSSR count). The highest BCUT2D eigenvalue weighted by Crippen LogP contribution is 2.47. The topological polar surface area (TPSA) is 9.23 Å². The van der Waals surface area contributed by atoms with Crippen LogP contribution in [0.15, 0.2) is 11.8 Å². The standard InChI is InChI=1S/C20H33BO/c1-5-6-7-8-15-20(3,4)16-17(2)22-21-18-11-9-12-19(21)14-10-13-18/h16,18-19H,5-7,9-14H2,1-4H3. The normalized spacial score (nSPS) is 25.5. The lowest BCUT2D eigenvalue weighted by molar-refractivity contribution is 0.330. The molecule has 0 spiro atoms. The van der Waals surface area contributed by atoms with E-state index in [0.717, 1.165) is 23.8 Å². The Morgan fingerprint density at radius 2 is 1.77 bits per heavy atom. The molecule has 0 N–H and O–H groups in total. The molecule has 2 heterocycles. The van der Waals surface area contributed by atoms with Gasteiger partial charge in [-0.25, -0.2) is 0 Å². The van der Waals surface area contributed by atoms with E-state index in [-0.39, 0.29) is 5.41 Å².